The van der Waals surface area contributed by atoms with E-state index in [1.807, 2.05) is 0 Å². The lowest BCUT2D eigenvalue weighted by Crippen LogP contribution is -2.30. The molecule has 17 nitrogen and oxygen atoms in total. The van der Waals surface area contributed by atoms with E-state index in [0.29, 0.717) is 25.7 Å². The molecule has 0 aromatic carbocycles. The molecule has 6 atom stereocenters. The Bertz CT molecular complexity index is 2080. The number of rotatable bonds is 87. The Morgan fingerprint density at radius 3 is 0.704 bits per heavy atom. The van der Waals surface area contributed by atoms with Gasteiger partial charge in [-0.2, -0.15) is 0 Å². The number of esters is 4. The van der Waals surface area contributed by atoms with Gasteiger partial charge in [-0.1, -0.05) is 421 Å². The second kappa shape index (κ2) is 78.9. The van der Waals surface area contributed by atoms with Crippen LogP contribution < -0.4 is 0 Å². The molecule has 19 heteroatoms. The Kier molecular flexibility index (Phi) is 77.5. The third kappa shape index (κ3) is 80.7. The smallest absolute Gasteiger partial charge is 0.462 e. The van der Waals surface area contributed by atoms with Gasteiger partial charge in [0.15, 0.2) is 12.2 Å². The Morgan fingerprint density at radius 1 is 0.269 bits per heavy atom. The zero-order chi connectivity index (χ0) is 79.3. The van der Waals surface area contributed by atoms with Gasteiger partial charge < -0.3 is 33.8 Å². The van der Waals surface area contributed by atoms with Crippen LogP contribution in [0.1, 0.15) is 472 Å². The molecule has 0 amide bonds. The summed E-state index contributed by atoms with van der Waals surface area (Å²) in [7, 11) is -9.93. The molecule has 0 radical (unpaired) electrons. The summed E-state index contributed by atoms with van der Waals surface area (Å²) >= 11 is 0. The first-order chi connectivity index (χ1) is 52.3. The van der Waals surface area contributed by atoms with Gasteiger partial charge in [0.1, 0.15) is 19.3 Å². The minimum atomic E-state index is -4.97. The minimum absolute atomic E-state index is 0.106. The van der Waals surface area contributed by atoms with Crippen LogP contribution in [0.3, 0.4) is 0 Å². The van der Waals surface area contributed by atoms with Crippen molar-refractivity contribution in [2.75, 3.05) is 39.6 Å². The van der Waals surface area contributed by atoms with Gasteiger partial charge in [-0.15, -0.1) is 0 Å². The molecule has 0 aromatic rings. The number of carbonyl (C=O) groups is 4. The largest absolute Gasteiger partial charge is 0.472 e. The van der Waals surface area contributed by atoms with Gasteiger partial charge >= 0.3 is 39.5 Å². The molecule has 0 spiro atoms. The van der Waals surface area contributed by atoms with Crippen molar-refractivity contribution < 1.29 is 80.2 Å². The number of aliphatic hydroxyl groups excluding tert-OH is 1. The van der Waals surface area contributed by atoms with Crippen LogP contribution in [-0.4, -0.2) is 96.7 Å². The van der Waals surface area contributed by atoms with Crippen LogP contribution in [0, 0.1) is 17.8 Å². The van der Waals surface area contributed by atoms with Crippen molar-refractivity contribution in [2.24, 2.45) is 17.8 Å². The van der Waals surface area contributed by atoms with Crippen LogP contribution in [-0.2, 0) is 65.4 Å². The fraction of sp³-hybridized carbons (Fsp3) is 0.955. The van der Waals surface area contributed by atoms with Crippen LogP contribution in [0.4, 0.5) is 0 Å². The van der Waals surface area contributed by atoms with Crippen molar-refractivity contribution >= 4 is 39.5 Å². The van der Waals surface area contributed by atoms with Crippen molar-refractivity contribution in [1.82, 2.24) is 0 Å². The number of phosphoric ester groups is 2. The highest BCUT2D eigenvalue weighted by atomic mass is 31.2. The van der Waals surface area contributed by atoms with E-state index in [-0.39, 0.29) is 25.7 Å². The maximum atomic E-state index is 13.2. The zero-order valence-corrected chi connectivity index (χ0v) is 73.1. The fourth-order valence-electron chi connectivity index (χ4n) is 13.9. The van der Waals surface area contributed by atoms with Gasteiger partial charge in [0.25, 0.3) is 0 Å². The highest BCUT2D eigenvalue weighted by molar-refractivity contribution is 7.47. The number of aliphatic hydroxyl groups is 1. The molecular formula is C89H174O17P2. The van der Waals surface area contributed by atoms with Crippen molar-refractivity contribution in [2.45, 2.75) is 491 Å². The Hall–Kier alpha value is -1.94. The van der Waals surface area contributed by atoms with Crippen molar-refractivity contribution in [3.63, 3.8) is 0 Å². The zero-order valence-electron chi connectivity index (χ0n) is 71.3. The predicted molar refractivity (Wildman–Crippen MR) is 446 cm³/mol. The molecule has 3 N–H and O–H groups in total. The summed E-state index contributed by atoms with van der Waals surface area (Å²) in [4.78, 5) is 73.3. The van der Waals surface area contributed by atoms with E-state index < -0.39 is 97.5 Å². The maximum Gasteiger partial charge on any atom is 0.472 e. The molecule has 0 aromatic heterocycles. The Labute approximate surface area is 664 Å². The van der Waals surface area contributed by atoms with Gasteiger partial charge in [-0.3, -0.25) is 37.3 Å². The molecule has 0 bridgehead atoms. The predicted octanol–water partition coefficient (Wildman–Crippen LogP) is 27.3. The number of carbonyl (C=O) groups excluding carboxylic acids is 4. The van der Waals surface area contributed by atoms with Gasteiger partial charge in [0.05, 0.1) is 26.4 Å². The molecular weight excluding hydrogens is 1400 g/mol. The van der Waals surface area contributed by atoms with Gasteiger partial charge in [-0.25, -0.2) is 9.13 Å². The SMILES string of the molecule is CCCCCCCCCCCCCCCCCCCCCCCCC(=O)O[C@H](COC(=O)CCCCCCCCCCCCCCCCCCCCC(C)C)COP(=O)(O)OC[C@@H](O)COP(=O)(O)OC[C@@H](COC(=O)CCCCCCCCCCC(C)CC)OC(=O)CCCCCCCCCCCCC(C)C. The van der Waals surface area contributed by atoms with Crippen LogP contribution in [0.2, 0.25) is 0 Å². The monoisotopic (exact) mass is 1580 g/mol. The van der Waals surface area contributed by atoms with Crippen molar-refractivity contribution in [3.05, 3.63) is 0 Å². The first-order valence-electron chi connectivity index (χ1n) is 45.9. The van der Waals surface area contributed by atoms with E-state index >= 15 is 0 Å². The van der Waals surface area contributed by atoms with E-state index in [9.17, 15) is 43.2 Å². The van der Waals surface area contributed by atoms with Crippen molar-refractivity contribution in [1.29, 1.82) is 0 Å². The third-order valence-corrected chi connectivity index (χ3v) is 23.1. The highest BCUT2D eigenvalue weighted by Crippen LogP contribution is 2.45. The first-order valence-corrected chi connectivity index (χ1v) is 48.9. The maximum absolute atomic E-state index is 13.2. The summed E-state index contributed by atoms with van der Waals surface area (Å²) in [5.74, 6) is 0.249. The second-order valence-electron chi connectivity index (χ2n) is 33.2. The first kappa shape index (κ1) is 106. The van der Waals surface area contributed by atoms with Crippen LogP contribution in [0.15, 0.2) is 0 Å². The molecule has 0 aliphatic carbocycles. The molecule has 108 heavy (non-hydrogen) atoms. The number of hydrogen-bond donors (Lipinski definition) is 3. The van der Waals surface area contributed by atoms with E-state index in [2.05, 4.69) is 48.5 Å². The summed E-state index contributed by atoms with van der Waals surface area (Å²) in [6, 6.07) is 0. The lowest BCUT2D eigenvalue weighted by molar-refractivity contribution is -0.161. The molecule has 642 valence electrons. The summed E-state index contributed by atoms with van der Waals surface area (Å²) in [5.41, 5.74) is 0. The number of phosphoric acid groups is 2. The topological polar surface area (TPSA) is 237 Å². The highest BCUT2D eigenvalue weighted by Gasteiger charge is 2.31. The molecule has 0 rings (SSSR count). The summed E-state index contributed by atoms with van der Waals surface area (Å²) < 4.78 is 69.0. The van der Waals surface area contributed by atoms with Crippen molar-refractivity contribution in [3.8, 4) is 0 Å². The summed E-state index contributed by atoms with van der Waals surface area (Å²) in [5, 5.41) is 10.7. The van der Waals surface area contributed by atoms with E-state index in [1.54, 1.807) is 0 Å². The van der Waals surface area contributed by atoms with Gasteiger partial charge in [-0.05, 0) is 43.4 Å². The quantitative estimate of drug-likeness (QED) is 0.0222. The lowest BCUT2D eigenvalue weighted by atomic mass is 9.99. The molecule has 0 aliphatic rings. The average molecular weight is 1580 g/mol. The standard InChI is InChI=1S/C89H174O17P2/c1-8-10-11-12-13-14-15-16-17-18-19-20-21-22-27-30-33-36-42-51-58-65-72-88(93)105-84(76-99-86(91)70-63-56-49-41-35-32-29-26-24-23-25-28-31-34-39-46-53-60-67-80(3)4)78-103-107(95,96)101-74-83(90)75-102-108(97,98)104-79-85(77-100-87(92)71-64-57-50-45-44-48-55-62-69-82(7)9-2)106-89(94)73-66-59-52-43-38-37-40-47-54-61-68-81(5)6/h80-85,90H,8-79H2,1-7H3,(H,95,96)(H,97,98)/t82?,83-,84-,85-/m1/s1. The van der Waals surface area contributed by atoms with Crippen LogP contribution in [0.25, 0.3) is 0 Å². The lowest BCUT2D eigenvalue weighted by Gasteiger charge is -2.21. The molecule has 0 saturated carbocycles. The third-order valence-electron chi connectivity index (χ3n) is 21.2. The fourth-order valence-corrected chi connectivity index (χ4v) is 15.4. The van der Waals surface area contributed by atoms with E-state index in [0.717, 1.165) is 108 Å². The van der Waals surface area contributed by atoms with Gasteiger partial charge in [0.2, 0.25) is 0 Å². The average Bonchev–Trinajstić information content (AvgIpc) is 0.900. The number of ether oxygens (including phenoxy) is 4. The number of hydrogen-bond acceptors (Lipinski definition) is 15. The van der Waals surface area contributed by atoms with Crippen LogP contribution in [0.5, 0.6) is 0 Å². The van der Waals surface area contributed by atoms with E-state index in [1.165, 1.54) is 283 Å². The molecule has 0 aliphatic heterocycles. The van der Waals surface area contributed by atoms with Gasteiger partial charge in [0, 0.05) is 25.7 Å². The Balaban J connectivity index is 5.22. The van der Waals surface area contributed by atoms with E-state index in [4.69, 9.17) is 37.0 Å². The summed E-state index contributed by atoms with van der Waals surface area (Å²) in [6.07, 6.45) is 71.0. The molecule has 0 fully saturated rings. The molecule has 0 heterocycles. The number of unbranched alkanes of at least 4 members (excludes halogenated alkanes) is 54. The summed E-state index contributed by atoms with van der Waals surface area (Å²) in [6.45, 7) is 12.0. The normalized spacial score (nSPS) is 14.1. The molecule has 3 unspecified atom stereocenters. The second-order valence-corrected chi connectivity index (χ2v) is 36.1. The minimum Gasteiger partial charge on any atom is -0.462 e. The van der Waals surface area contributed by atoms with Crippen LogP contribution >= 0.6 is 15.6 Å². The Morgan fingerprint density at radius 2 is 0.472 bits per heavy atom. The molecule has 0 saturated heterocycles.